The third-order valence-corrected chi connectivity index (χ3v) is 5.08. The second kappa shape index (κ2) is 6.73. The number of nitrogens with zero attached hydrogens (tertiary/aromatic N) is 1. The monoisotopic (exact) mass is 274 g/mol. The Hall–Kier alpha value is -0.860. The lowest BCUT2D eigenvalue weighted by atomic mass is 9.80. The second-order valence-corrected chi connectivity index (χ2v) is 6.43. The quantitative estimate of drug-likeness (QED) is 0.885. The highest BCUT2D eigenvalue weighted by molar-refractivity contribution is 5.30. The van der Waals surface area contributed by atoms with Gasteiger partial charge in [0.05, 0.1) is 0 Å². The first kappa shape index (κ1) is 15.5. The van der Waals surface area contributed by atoms with Crippen molar-refractivity contribution < 1.29 is 0 Å². The largest absolute Gasteiger partial charge is 0.329 e. The average Bonchev–Trinajstić information content (AvgIpc) is 2.48. The molecule has 1 aromatic rings. The van der Waals surface area contributed by atoms with Gasteiger partial charge < -0.3 is 5.73 Å². The summed E-state index contributed by atoms with van der Waals surface area (Å²) in [5, 5.41) is 0. The predicted octanol–water partition coefficient (Wildman–Crippen LogP) is 3.79. The molecule has 1 fully saturated rings. The van der Waals surface area contributed by atoms with Gasteiger partial charge >= 0.3 is 0 Å². The average molecular weight is 274 g/mol. The Morgan fingerprint density at radius 3 is 2.45 bits per heavy atom. The molecular formula is C18H30N2. The minimum absolute atomic E-state index is 0.239. The van der Waals surface area contributed by atoms with E-state index in [1.165, 1.54) is 48.8 Å². The molecule has 0 saturated heterocycles. The van der Waals surface area contributed by atoms with Crippen LogP contribution in [0.1, 0.15) is 55.7 Å². The van der Waals surface area contributed by atoms with Crippen molar-refractivity contribution in [1.29, 1.82) is 0 Å². The molecule has 0 bridgehead atoms. The van der Waals surface area contributed by atoms with E-state index in [2.05, 4.69) is 43.9 Å². The van der Waals surface area contributed by atoms with E-state index in [0.717, 1.165) is 19.6 Å². The molecule has 1 aliphatic rings. The normalized spacial score (nSPS) is 18.4. The minimum Gasteiger partial charge on any atom is -0.329 e. The summed E-state index contributed by atoms with van der Waals surface area (Å²) in [5.74, 6) is 0. The van der Waals surface area contributed by atoms with Gasteiger partial charge in [-0.1, -0.05) is 49.9 Å². The first-order valence-electron chi connectivity index (χ1n) is 8.12. The van der Waals surface area contributed by atoms with Crippen LogP contribution in [0.5, 0.6) is 0 Å². The van der Waals surface area contributed by atoms with Gasteiger partial charge in [-0.05, 0) is 44.4 Å². The summed E-state index contributed by atoms with van der Waals surface area (Å²) in [7, 11) is 0. The van der Waals surface area contributed by atoms with E-state index in [0.29, 0.717) is 0 Å². The van der Waals surface area contributed by atoms with E-state index in [1.54, 1.807) is 0 Å². The third kappa shape index (κ3) is 3.24. The van der Waals surface area contributed by atoms with Gasteiger partial charge in [0.25, 0.3) is 0 Å². The molecule has 0 amide bonds. The Bertz CT molecular complexity index is 433. The number of benzene rings is 1. The fourth-order valence-corrected chi connectivity index (χ4v) is 3.65. The van der Waals surface area contributed by atoms with Crippen molar-refractivity contribution >= 4 is 0 Å². The molecule has 0 unspecified atom stereocenters. The van der Waals surface area contributed by atoms with Crippen LogP contribution in [-0.4, -0.2) is 23.5 Å². The van der Waals surface area contributed by atoms with Gasteiger partial charge in [-0.3, -0.25) is 4.90 Å². The maximum Gasteiger partial charge on any atom is 0.0335 e. The van der Waals surface area contributed by atoms with E-state index in [9.17, 15) is 0 Å². The van der Waals surface area contributed by atoms with Crippen molar-refractivity contribution in [3.63, 3.8) is 0 Å². The van der Waals surface area contributed by atoms with Crippen molar-refractivity contribution in [1.82, 2.24) is 4.90 Å². The lowest BCUT2D eigenvalue weighted by Crippen LogP contribution is -2.54. The fraction of sp³-hybridized carbons (Fsp3) is 0.667. The topological polar surface area (TPSA) is 29.3 Å². The Kier molecular flexibility index (Phi) is 5.22. The van der Waals surface area contributed by atoms with Crippen LogP contribution in [0.2, 0.25) is 0 Å². The summed E-state index contributed by atoms with van der Waals surface area (Å²) >= 11 is 0. The van der Waals surface area contributed by atoms with Gasteiger partial charge in [-0.15, -0.1) is 0 Å². The van der Waals surface area contributed by atoms with Gasteiger partial charge in [-0.25, -0.2) is 0 Å². The highest BCUT2D eigenvalue weighted by Gasteiger charge is 2.35. The van der Waals surface area contributed by atoms with E-state index >= 15 is 0 Å². The summed E-state index contributed by atoms with van der Waals surface area (Å²) in [4.78, 5) is 2.63. The van der Waals surface area contributed by atoms with Gasteiger partial charge in [-0.2, -0.15) is 0 Å². The molecule has 2 nitrogen and oxygen atoms in total. The Morgan fingerprint density at radius 1 is 1.15 bits per heavy atom. The van der Waals surface area contributed by atoms with Crippen molar-refractivity contribution in [3.05, 3.63) is 34.9 Å². The number of aryl methyl sites for hydroxylation is 2. The first-order valence-corrected chi connectivity index (χ1v) is 8.12. The molecule has 2 heteroatoms. The van der Waals surface area contributed by atoms with Crippen LogP contribution in [0, 0.1) is 13.8 Å². The van der Waals surface area contributed by atoms with Crippen LogP contribution in [-0.2, 0) is 6.54 Å². The van der Waals surface area contributed by atoms with E-state index in [-0.39, 0.29) is 5.54 Å². The first-order chi connectivity index (χ1) is 9.61. The summed E-state index contributed by atoms with van der Waals surface area (Å²) in [5.41, 5.74) is 10.7. The van der Waals surface area contributed by atoms with Crippen molar-refractivity contribution in [3.8, 4) is 0 Å². The van der Waals surface area contributed by atoms with Gasteiger partial charge in [0.2, 0.25) is 0 Å². The molecule has 1 saturated carbocycles. The molecule has 112 valence electrons. The maximum atomic E-state index is 6.19. The SMILES string of the molecule is CCN(Cc1cc(C)ccc1C)C1(CN)CCCCC1. The van der Waals surface area contributed by atoms with Gasteiger partial charge in [0.15, 0.2) is 0 Å². The smallest absolute Gasteiger partial charge is 0.0335 e. The maximum absolute atomic E-state index is 6.19. The zero-order valence-corrected chi connectivity index (χ0v) is 13.4. The number of nitrogens with two attached hydrogens (primary N) is 1. The van der Waals surface area contributed by atoms with E-state index in [1.807, 2.05) is 0 Å². The molecule has 2 rings (SSSR count). The highest BCUT2D eigenvalue weighted by atomic mass is 15.2. The molecule has 0 aromatic heterocycles. The molecule has 0 spiro atoms. The highest BCUT2D eigenvalue weighted by Crippen LogP contribution is 2.34. The van der Waals surface area contributed by atoms with Crippen molar-refractivity contribution in [2.75, 3.05) is 13.1 Å². The molecule has 1 aliphatic carbocycles. The lowest BCUT2D eigenvalue weighted by Gasteiger charge is -2.46. The minimum atomic E-state index is 0.239. The van der Waals surface area contributed by atoms with Crippen LogP contribution in [0.15, 0.2) is 18.2 Å². The molecule has 20 heavy (non-hydrogen) atoms. The van der Waals surface area contributed by atoms with Gasteiger partial charge in [0, 0.05) is 18.6 Å². The summed E-state index contributed by atoms with van der Waals surface area (Å²) in [6.07, 6.45) is 6.58. The number of hydrogen-bond acceptors (Lipinski definition) is 2. The number of rotatable bonds is 5. The molecule has 0 radical (unpaired) electrons. The van der Waals surface area contributed by atoms with E-state index < -0.39 is 0 Å². The standard InChI is InChI=1S/C18H30N2/c1-4-20(18(14-19)10-6-5-7-11-18)13-17-12-15(2)8-9-16(17)3/h8-9,12H,4-7,10-11,13-14,19H2,1-3H3. The Balaban J connectivity index is 2.21. The summed E-state index contributed by atoms with van der Waals surface area (Å²) < 4.78 is 0. The van der Waals surface area contributed by atoms with Crippen molar-refractivity contribution in [2.24, 2.45) is 5.73 Å². The Morgan fingerprint density at radius 2 is 1.85 bits per heavy atom. The van der Waals surface area contributed by atoms with Crippen LogP contribution in [0.4, 0.5) is 0 Å². The number of likely N-dealkylation sites (N-methyl/N-ethyl adjacent to an activating group) is 1. The van der Waals surface area contributed by atoms with Gasteiger partial charge in [0.1, 0.15) is 0 Å². The molecule has 0 heterocycles. The van der Waals surface area contributed by atoms with Crippen LogP contribution >= 0.6 is 0 Å². The summed E-state index contributed by atoms with van der Waals surface area (Å²) in [6.45, 7) is 9.60. The predicted molar refractivity (Wildman–Crippen MR) is 86.9 cm³/mol. The summed E-state index contributed by atoms with van der Waals surface area (Å²) in [6, 6.07) is 6.79. The molecule has 2 N–H and O–H groups in total. The number of hydrogen-bond donors (Lipinski definition) is 1. The molecule has 0 atom stereocenters. The van der Waals surface area contributed by atoms with Crippen LogP contribution < -0.4 is 5.73 Å². The zero-order valence-electron chi connectivity index (χ0n) is 13.4. The molecular weight excluding hydrogens is 244 g/mol. The molecule has 1 aromatic carbocycles. The zero-order chi connectivity index (χ0) is 14.6. The third-order valence-electron chi connectivity index (χ3n) is 5.08. The van der Waals surface area contributed by atoms with Crippen LogP contribution in [0.3, 0.4) is 0 Å². The van der Waals surface area contributed by atoms with Crippen LogP contribution in [0.25, 0.3) is 0 Å². The molecule has 0 aliphatic heterocycles. The lowest BCUT2D eigenvalue weighted by molar-refractivity contribution is 0.0545. The second-order valence-electron chi connectivity index (χ2n) is 6.43. The Labute approximate surface area is 124 Å². The fourth-order valence-electron chi connectivity index (χ4n) is 3.65. The van der Waals surface area contributed by atoms with E-state index in [4.69, 9.17) is 5.73 Å². The van der Waals surface area contributed by atoms with Crippen molar-refractivity contribution in [2.45, 2.75) is 65.0 Å².